The van der Waals surface area contributed by atoms with Gasteiger partial charge in [-0.15, -0.1) is 34.4 Å². The molecular weight excluding hydrogens is 2490 g/mol. The number of nitrogens with zero attached hydrogens (tertiary/aromatic N) is 1. The number of anilines is 2. The van der Waals surface area contributed by atoms with E-state index in [0.29, 0.717) is 5.46 Å². The van der Waals surface area contributed by atoms with Crippen molar-refractivity contribution in [2.24, 2.45) is 4.30 Å². The molecule has 1 atom stereocenters. The SMILES string of the molecule is Brc1cc2c3ccccc3oc2c2c1sc1ccccc12.Brc1cccc2c1oc1ccccc12.CI.CI.CI.CI.CS(=O)c1ccccc1-c1cccc2c1oc1ccccc12.CSc1ccccc1-c1cccc2c1oc1ccccc12.Cc1ccccc1B(O)O.OO.[B]=NS.c1ccc(-c2ccc(Nc3ccc(-c4ccccc4)cc3)cc2)cc1.c1ccc2c(c1)oc1c2ccc2sc3ccccc3c21. The molecule has 729 valence electrons. The minimum absolute atomic E-state index is 0.572. The van der Waals surface area contributed by atoms with E-state index in [1.165, 1.54) is 111 Å². The summed E-state index contributed by atoms with van der Waals surface area (Å²) >= 11 is 24.4. The molecule has 0 saturated carbocycles. The number of para-hydroxylation sites is 8. The van der Waals surface area contributed by atoms with Crippen LogP contribution in [-0.4, -0.2) is 71.8 Å². The van der Waals surface area contributed by atoms with Gasteiger partial charge in [0.05, 0.1) is 20.0 Å². The monoisotopic (exact) mass is 2590 g/mol. The zero-order valence-electron chi connectivity index (χ0n) is 80.1. The maximum absolute atomic E-state index is 12.0. The molecule has 7 heterocycles. The van der Waals surface area contributed by atoms with Gasteiger partial charge in [-0.2, -0.15) is 0 Å². The van der Waals surface area contributed by atoms with Crippen molar-refractivity contribution < 1.29 is 46.9 Å². The summed E-state index contributed by atoms with van der Waals surface area (Å²) in [5.41, 5.74) is 22.3. The van der Waals surface area contributed by atoms with Crippen LogP contribution < -0.4 is 10.8 Å². The first-order valence-electron chi connectivity index (χ1n) is 45.6. The van der Waals surface area contributed by atoms with Crippen molar-refractivity contribution >= 4 is 362 Å². The molecule has 26 aromatic rings. The molecule has 0 amide bonds. The number of aryl methyl sites for hydroxylation is 1. The summed E-state index contributed by atoms with van der Waals surface area (Å²) in [6.45, 7) is 1.84. The number of rotatable bonds is 9. The third-order valence-corrected chi connectivity index (χ3v) is 29.2. The Labute approximate surface area is 940 Å². The first-order valence-corrected chi connectivity index (χ1v) is 60.6. The summed E-state index contributed by atoms with van der Waals surface area (Å²) in [6.07, 6.45) is 3.81. The van der Waals surface area contributed by atoms with Gasteiger partial charge >= 0.3 is 31.9 Å². The molecule has 19 aromatic carbocycles. The Morgan fingerprint density at radius 2 is 0.678 bits per heavy atom. The number of thiophene rings is 2. The summed E-state index contributed by atoms with van der Waals surface area (Å²) in [7, 11) is 1.95. The molecule has 0 bridgehead atoms. The van der Waals surface area contributed by atoms with E-state index >= 15 is 0 Å². The van der Waals surface area contributed by atoms with Gasteiger partial charge < -0.3 is 37.5 Å². The number of furan rings is 5. The fourth-order valence-electron chi connectivity index (χ4n) is 17.3. The molecule has 146 heavy (non-hydrogen) atoms. The van der Waals surface area contributed by atoms with Gasteiger partial charge in [0.2, 0.25) is 0 Å². The number of nitrogens with one attached hydrogen (secondary N) is 1. The van der Waals surface area contributed by atoms with Crippen molar-refractivity contribution in [2.75, 3.05) is 37.6 Å². The van der Waals surface area contributed by atoms with Crippen LogP contribution in [0.3, 0.4) is 0 Å². The van der Waals surface area contributed by atoms with Crippen LogP contribution in [-0.2, 0) is 10.8 Å². The Kier molecular flexibility index (Phi) is 41.9. The van der Waals surface area contributed by atoms with E-state index in [4.69, 9.17) is 42.6 Å². The molecule has 0 fully saturated rings. The van der Waals surface area contributed by atoms with Gasteiger partial charge in [-0.1, -0.05) is 417 Å². The van der Waals surface area contributed by atoms with Gasteiger partial charge in [-0.05, 0) is 201 Å². The Balaban J connectivity index is 0.000000133. The number of benzene rings is 19. The van der Waals surface area contributed by atoms with Crippen molar-refractivity contribution in [3.05, 3.63) is 439 Å². The summed E-state index contributed by atoms with van der Waals surface area (Å²) < 4.78 is 52.3. The Hall–Kier alpha value is -11.1. The minimum atomic E-state index is -1.35. The van der Waals surface area contributed by atoms with E-state index < -0.39 is 17.9 Å². The van der Waals surface area contributed by atoms with E-state index in [9.17, 15) is 4.21 Å². The third-order valence-electron chi connectivity index (χ3n) is 23.6. The van der Waals surface area contributed by atoms with Crippen molar-refractivity contribution in [2.45, 2.75) is 16.7 Å². The maximum Gasteiger partial charge on any atom is 0.144 e. The number of halogens is 6. The molecule has 5 N–H and O–H groups in total. The summed E-state index contributed by atoms with van der Waals surface area (Å²) in [6, 6.07) is 144. The molecule has 1 radical (unpaired) electrons. The first-order chi connectivity index (χ1) is 71.7. The average Bonchev–Trinajstić information content (AvgIpc) is 1.58. The molecule has 1 unspecified atom stereocenters. The van der Waals surface area contributed by atoms with Crippen molar-refractivity contribution in [3.8, 4) is 44.5 Å². The number of thioether (sulfide) groups is 1. The van der Waals surface area contributed by atoms with E-state index in [1.807, 2.05) is 184 Å². The molecule has 0 spiro atoms. The number of hydrogen-bond donors (Lipinski definition) is 6. The predicted octanol–water partition coefficient (Wildman–Crippen LogP) is 38.8. The van der Waals surface area contributed by atoms with Crippen molar-refractivity contribution in [1.29, 1.82) is 0 Å². The fourth-order valence-corrected chi connectivity index (χ4v) is 22.0. The second kappa shape index (κ2) is 55.3. The molecule has 26 rings (SSSR count). The zero-order chi connectivity index (χ0) is 103. The summed E-state index contributed by atoms with van der Waals surface area (Å²) in [5.74, 6) is 0. The topological polar surface area (TPSA) is 188 Å². The molecule has 0 aliphatic carbocycles. The number of thiol groups is 1. The van der Waals surface area contributed by atoms with E-state index in [-0.39, 0.29) is 0 Å². The molecule has 0 aliphatic heterocycles. The normalized spacial score (nSPS) is 10.7. The standard InChI is InChI=1S/C24H19N.C19H14O2S.C19H14OS.C18H9BrOS.C18H10OS.C12H7BrO.C7H9BO2.4CH3I.BHNS.H2O2/c1-3-7-19(8-4-1)21-11-15-23(16-12-21)25-24-17-13-22(14-18-24)20-9-5-2-6-10-20;1-22(20)18-12-5-3-8-14(18)16-10-6-9-15-13-7-2-4-11-17(13)21-19(15)16;1-21-18-12-5-3-8-14(18)16-10-6-9-15-13-7-2-4-11-17(13)20-19(15)16;19-13-9-12-10-5-1-3-7-14(10)20-17(12)16-11-6-2-4-8-15(11)21-18(13)16;1-3-7-14-11(5-1)12-9-10-16-17(18(12)19-14)13-6-2-4-8-15(13)20-16;13-10-6-3-5-9-8-4-1-2-7-11(8)14-12(9)10;1-6-4-2-3-5-7(6)8(9)10;4*1-2;1-2-3;1-2/h1-18,25H;2-12H,1H3;2-12H,1H3;1-9H;1-10H;1-7H;2-5,9-10H,1H3;4*1H3;3H;1-2H. The van der Waals surface area contributed by atoms with Crippen LogP contribution in [0.1, 0.15) is 5.56 Å². The van der Waals surface area contributed by atoms with Crippen LogP contribution in [0.2, 0.25) is 0 Å². The van der Waals surface area contributed by atoms with E-state index in [2.05, 4.69) is 425 Å². The van der Waals surface area contributed by atoms with E-state index in [1.54, 1.807) is 41.5 Å². The molecular formula is C121H97B2Br2I4N2O10S5. The second-order valence-electron chi connectivity index (χ2n) is 31.9. The smallest absolute Gasteiger partial charge is 0.144 e. The zero-order valence-corrected chi connectivity index (χ0v) is 96.1. The fraction of sp³-hybridized carbons (Fsp3) is 0.0579. The molecule has 25 heteroatoms. The van der Waals surface area contributed by atoms with Crippen LogP contribution in [0.15, 0.2) is 470 Å². The summed E-state index contributed by atoms with van der Waals surface area (Å²) in [5, 5.41) is 49.6. The van der Waals surface area contributed by atoms with Crippen LogP contribution in [0.25, 0.3) is 195 Å². The van der Waals surface area contributed by atoms with Crippen LogP contribution in [0, 0.1) is 6.92 Å². The van der Waals surface area contributed by atoms with Crippen molar-refractivity contribution in [3.63, 3.8) is 0 Å². The first kappa shape index (κ1) is 111. The van der Waals surface area contributed by atoms with Gasteiger partial charge in [0.1, 0.15) is 55.8 Å². The van der Waals surface area contributed by atoms with Crippen LogP contribution >= 0.6 is 169 Å². The van der Waals surface area contributed by atoms with Crippen molar-refractivity contribution in [1.82, 2.24) is 0 Å². The second-order valence-corrected chi connectivity index (χ2v) is 38.2. The predicted molar refractivity (Wildman–Crippen MR) is 675 cm³/mol. The third kappa shape index (κ3) is 25.7. The van der Waals surface area contributed by atoms with E-state index in [0.717, 1.165) is 119 Å². The number of alkyl halides is 4. The van der Waals surface area contributed by atoms with Crippen LogP contribution in [0.4, 0.5) is 11.4 Å². The van der Waals surface area contributed by atoms with Gasteiger partial charge in [0.15, 0.2) is 0 Å². The Morgan fingerprint density at radius 1 is 0.342 bits per heavy atom. The average molecular weight is 2590 g/mol. The quantitative estimate of drug-likeness (QED) is 0.0153. The summed E-state index contributed by atoms with van der Waals surface area (Å²) in [4.78, 5) is 9.98. The molecule has 0 saturated heterocycles. The van der Waals surface area contributed by atoms with Gasteiger partial charge in [-0.3, -0.25) is 14.7 Å². The number of fused-ring (bicyclic) bond motifs is 23. The molecule has 12 nitrogen and oxygen atoms in total. The van der Waals surface area contributed by atoms with Crippen LogP contribution in [0.5, 0.6) is 0 Å². The Morgan fingerprint density at radius 3 is 1.14 bits per heavy atom. The maximum atomic E-state index is 12.0. The van der Waals surface area contributed by atoms with Gasteiger partial charge in [-0.25, -0.2) is 0 Å². The van der Waals surface area contributed by atoms with Gasteiger partial charge in [0, 0.05) is 138 Å². The molecule has 7 aromatic heterocycles. The largest absolute Gasteiger partial charge is 0.455 e. The Bertz CT molecular complexity index is 8770. The molecule has 0 aliphatic rings. The number of hydrogen-bond acceptors (Lipinski definition) is 16. The van der Waals surface area contributed by atoms with Gasteiger partial charge in [0.25, 0.3) is 0 Å². The minimum Gasteiger partial charge on any atom is -0.455 e.